The average Bonchev–Trinajstić information content (AvgIpc) is 2.13. The van der Waals surface area contributed by atoms with Crippen LogP contribution in [-0.2, 0) is 28.9 Å². The van der Waals surface area contributed by atoms with Gasteiger partial charge in [-0.25, -0.2) is 8.42 Å². The standard InChI is InChI=1S/C11H20O6S/c1-10(2,3)17-9(13)11(4,5)18(14,15)7-8(12)16-6/h7H2,1-6H3. The van der Waals surface area contributed by atoms with E-state index >= 15 is 0 Å². The normalized spacial score (nSPS) is 13.0. The van der Waals surface area contributed by atoms with Crippen LogP contribution >= 0.6 is 0 Å². The topological polar surface area (TPSA) is 86.7 Å². The number of sulfone groups is 1. The Morgan fingerprint density at radius 2 is 1.50 bits per heavy atom. The molecule has 0 fully saturated rings. The molecule has 0 spiro atoms. The number of carbonyl (C=O) groups excluding carboxylic acids is 2. The van der Waals surface area contributed by atoms with Crippen molar-refractivity contribution in [1.82, 2.24) is 0 Å². The quantitative estimate of drug-likeness (QED) is 0.704. The van der Waals surface area contributed by atoms with Crippen molar-refractivity contribution in [2.75, 3.05) is 12.9 Å². The van der Waals surface area contributed by atoms with Gasteiger partial charge in [-0.1, -0.05) is 0 Å². The zero-order valence-electron chi connectivity index (χ0n) is 11.6. The third-order valence-corrected chi connectivity index (χ3v) is 4.54. The Bertz CT molecular complexity index is 427. The van der Waals surface area contributed by atoms with Crippen molar-refractivity contribution in [2.45, 2.75) is 45.0 Å². The lowest BCUT2D eigenvalue weighted by molar-refractivity contribution is -0.157. The molecule has 0 radical (unpaired) electrons. The Kier molecular flexibility index (Phi) is 4.93. The van der Waals surface area contributed by atoms with Crippen molar-refractivity contribution in [3.63, 3.8) is 0 Å². The van der Waals surface area contributed by atoms with Crippen LogP contribution in [0, 0.1) is 0 Å². The highest BCUT2D eigenvalue weighted by molar-refractivity contribution is 7.94. The molecule has 0 aromatic rings. The predicted molar refractivity (Wildman–Crippen MR) is 65.7 cm³/mol. The van der Waals surface area contributed by atoms with Gasteiger partial charge in [-0.3, -0.25) is 9.59 Å². The first-order valence-corrected chi connectivity index (χ1v) is 7.01. The highest BCUT2D eigenvalue weighted by Crippen LogP contribution is 2.22. The number of carbonyl (C=O) groups is 2. The first kappa shape index (κ1) is 16.9. The molecule has 0 bridgehead atoms. The van der Waals surface area contributed by atoms with Crippen molar-refractivity contribution in [3.05, 3.63) is 0 Å². The zero-order valence-corrected chi connectivity index (χ0v) is 12.4. The summed E-state index contributed by atoms with van der Waals surface area (Å²) in [6.07, 6.45) is 0. The van der Waals surface area contributed by atoms with Crippen LogP contribution in [0.1, 0.15) is 34.6 Å². The van der Waals surface area contributed by atoms with Crippen molar-refractivity contribution < 1.29 is 27.5 Å². The maximum Gasteiger partial charge on any atom is 0.327 e. The zero-order chi connectivity index (χ0) is 14.8. The Morgan fingerprint density at radius 3 is 1.83 bits per heavy atom. The fraction of sp³-hybridized carbons (Fsp3) is 0.818. The van der Waals surface area contributed by atoms with Gasteiger partial charge in [-0.05, 0) is 34.6 Å². The molecule has 0 saturated heterocycles. The number of rotatable bonds is 4. The summed E-state index contributed by atoms with van der Waals surface area (Å²) in [4.78, 5) is 22.9. The first-order chi connectivity index (χ1) is 7.83. The van der Waals surface area contributed by atoms with Gasteiger partial charge in [0.2, 0.25) is 0 Å². The van der Waals surface area contributed by atoms with E-state index in [0.29, 0.717) is 0 Å². The van der Waals surface area contributed by atoms with Gasteiger partial charge >= 0.3 is 11.9 Å². The Hall–Kier alpha value is -1.11. The molecule has 7 heteroatoms. The molecule has 0 aliphatic carbocycles. The van der Waals surface area contributed by atoms with Gasteiger partial charge < -0.3 is 9.47 Å². The molecule has 0 aliphatic rings. The number of hydrogen-bond donors (Lipinski definition) is 0. The lowest BCUT2D eigenvalue weighted by atomic mass is 10.1. The summed E-state index contributed by atoms with van der Waals surface area (Å²) in [7, 11) is -2.91. The molecule has 0 unspecified atom stereocenters. The average molecular weight is 280 g/mol. The van der Waals surface area contributed by atoms with Crippen LogP contribution in [0.3, 0.4) is 0 Å². The van der Waals surface area contributed by atoms with E-state index in [9.17, 15) is 18.0 Å². The maximum absolute atomic E-state index is 11.9. The number of methoxy groups -OCH3 is 1. The van der Waals surface area contributed by atoms with Gasteiger partial charge in [-0.2, -0.15) is 0 Å². The predicted octanol–water partition coefficient (Wildman–Crippen LogP) is 0.694. The summed E-state index contributed by atoms with van der Waals surface area (Å²) in [5.74, 6) is -2.65. The van der Waals surface area contributed by atoms with E-state index < -0.39 is 37.9 Å². The van der Waals surface area contributed by atoms with Crippen molar-refractivity contribution in [1.29, 1.82) is 0 Å². The lowest BCUT2D eigenvalue weighted by Gasteiger charge is -2.27. The first-order valence-electron chi connectivity index (χ1n) is 5.36. The van der Waals surface area contributed by atoms with E-state index in [2.05, 4.69) is 4.74 Å². The highest BCUT2D eigenvalue weighted by atomic mass is 32.2. The summed E-state index contributed by atoms with van der Waals surface area (Å²) in [5.41, 5.74) is -0.796. The van der Waals surface area contributed by atoms with Crippen molar-refractivity contribution in [3.8, 4) is 0 Å². The number of ether oxygens (including phenoxy) is 2. The van der Waals surface area contributed by atoms with Gasteiger partial charge in [0.1, 0.15) is 11.4 Å². The Morgan fingerprint density at radius 1 is 1.06 bits per heavy atom. The van der Waals surface area contributed by atoms with E-state index in [4.69, 9.17) is 4.74 Å². The largest absolute Gasteiger partial charge is 0.468 e. The van der Waals surface area contributed by atoms with E-state index in [-0.39, 0.29) is 0 Å². The van der Waals surface area contributed by atoms with Crippen LogP contribution in [0.2, 0.25) is 0 Å². The lowest BCUT2D eigenvalue weighted by Crippen LogP contribution is -2.47. The molecule has 0 N–H and O–H groups in total. The maximum atomic E-state index is 11.9. The van der Waals surface area contributed by atoms with Crippen LogP contribution < -0.4 is 0 Å². The van der Waals surface area contributed by atoms with Crippen molar-refractivity contribution >= 4 is 21.8 Å². The number of hydrogen-bond acceptors (Lipinski definition) is 6. The molecule has 6 nitrogen and oxygen atoms in total. The third-order valence-electron chi connectivity index (χ3n) is 2.20. The van der Waals surface area contributed by atoms with Crippen LogP contribution in [0.25, 0.3) is 0 Å². The van der Waals surface area contributed by atoms with Crippen molar-refractivity contribution in [2.24, 2.45) is 0 Å². The fourth-order valence-corrected chi connectivity index (χ4v) is 2.01. The molecule has 0 rings (SSSR count). The highest BCUT2D eigenvalue weighted by Gasteiger charge is 2.45. The Balaban J connectivity index is 5.13. The summed E-state index contributed by atoms with van der Waals surface area (Å²) in [6, 6.07) is 0. The van der Waals surface area contributed by atoms with Crippen LogP contribution in [0.5, 0.6) is 0 Å². The van der Waals surface area contributed by atoms with Gasteiger partial charge in [0.15, 0.2) is 14.6 Å². The molecule has 0 aliphatic heterocycles. The minimum Gasteiger partial charge on any atom is -0.468 e. The third kappa shape index (κ3) is 4.29. The molecular formula is C11H20O6S. The van der Waals surface area contributed by atoms with E-state index in [1.165, 1.54) is 13.8 Å². The SMILES string of the molecule is COC(=O)CS(=O)(=O)C(C)(C)C(=O)OC(C)(C)C. The molecule has 0 aromatic heterocycles. The second-order valence-electron chi connectivity index (χ2n) is 5.35. The second kappa shape index (κ2) is 5.26. The monoisotopic (exact) mass is 280 g/mol. The Labute approximate surface area is 108 Å². The van der Waals surface area contributed by atoms with Gasteiger partial charge in [-0.15, -0.1) is 0 Å². The molecular weight excluding hydrogens is 260 g/mol. The molecule has 18 heavy (non-hydrogen) atoms. The second-order valence-corrected chi connectivity index (χ2v) is 7.89. The molecule has 0 aromatic carbocycles. The van der Waals surface area contributed by atoms with Crippen LogP contribution in [0.4, 0.5) is 0 Å². The van der Waals surface area contributed by atoms with Crippen LogP contribution in [0.15, 0.2) is 0 Å². The van der Waals surface area contributed by atoms with E-state index in [0.717, 1.165) is 7.11 Å². The molecule has 0 amide bonds. The van der Waals surface area contributed by atoms with Gasteiger partial charge in [0.05, 0.1) is 7.11 Å². The molecule has 0 saturated carbocycles. The summed E-state index contributed by atoms with van der Waals surface area (Å²) in [6.45, 7) is 7.31. The van der Waals surface area contributed by atoms with E-state index in [1.54, 1.807) is 20.8 Å². The molecule has 106 valence electrons. The summed E-state index contributed by atoms with van der Waals surface area (Å²) in [5, 5.41) is 0. The minimum atomic E-state index is -3.99. The van der Waals surface area contributed by atoms with Gasteiger partial charge in [0, 0.05) is 0 Å². The van der Waals surface area contributed by atoms with Gasteiger partial charge in [0.25, 0.3) is 0 Å². The smallest absolute Gasteiger partial charge is 0.327 e. The van der Waals surface area contributed by atoms with E-state index in [1.807, 2.05) is 0 Å². The summed E-state index contributed by atoms with van der Waals surface area (Å²) >= 11 is 0. The number of esters is 2. The fourth-order valence-electron chi connectivity index (χ4n) is 0.922. The summed E-state index contributed by atoms with van der Waals surface area (Å²) < 4.78 is 31.4. The molecule has 0 heterocycles. The minimum absolute atomic E-state index is 0.796. The molecule has 0 atom stereocenters. The van der Waals surface area contributed by atoms with Crippen LogP contribution in [-0.4, -0.2) is 43.6 Å².